The van der Waals surface area contributed by atoms with Gasteiger partial charge >= 0.3 is 11.9 Å². The molecule has 1 unspecified atom stereocenters. The molecule has 0 aromatic heterocycles. The SMILES string of the molecule is C=CC(C)OC(=O)c1ccc(C(=O)O)cc1.Cl. The van der Waals surface area contributed by atoms with E-state index in [1.54, 1.807) is 6.92 Å². The molecule has 1 rings (SSSR count). The first kappa shape index (κ1) is 15.2. The van der Waals surface area contributed by atoms with Crippen LogP contribution in [-0.2, 0) is 4.74 Å². The maximum Gasteiger partial charge on any atom is 0.338 e. The van der Waals surface area contributed by atoms with Gasteiger partial charge in [0.25, 0.3) is 0 Å². The molecule has 1 atom stereocenters. The van der Waals surface area contributed by atoms with Gasteiger partial charge in [-0.2, -0.15) is 0 Å². The Morgan fingerprint density at radius 3 is 2.18 bits per heavy atom. The summed E-state index contributed by atoms with van der Waals surface area (Å²) in [6, 6.07) is 5.55. The van der Waals surface area contributed by atoms with Crippen LogP contribution in [-0.4, -0.2) is 23.1 Å². The van der Waals surface area contributed by atoms with Crippen LogP contribution in [0.4, 0.5) is 0 Å². The smallest absolute Gasteiger partial charge is 0.338 e. The zero-order valence-corrected chi connectivity index (χ0v) is 10.1. The molecule has 92 valence electrons. The van der Waals surface area contributed by atoms with Gasteiger partial charge in [0.05, 0.1) is 11.1 Å². The van der Waals surface area contributed by atoms with Crippen molar-refractivity contribution in [3.05, 3.63) is 48.0 Å². The zero-order chi connectivity index (χ0) is 12.1. The molecule has 1 N–H and O–H groups in total. The van der Waals surface area contributed by atoms with Gasteiger partial charge in [0.15, 0.2) is 0 Å². The summed E-state index contributed by atoms with van der Waals surface area (Å²) in [6.07, 6.45) is 1.13. The average Bonchev–Trinajstić information content (AvgIpc) is 2.28. The average molecular weight is 257 g/mol. The Morgan fingerprint density at radius 2 is 1.76 bits per heavy atom. The maximum atomic E-state index is 11.5. The molecular formula is C12H13ClO4. The number of esters is 1. The van der Waals surface area contributed by atoms with Crippen molar-refractivity contribution in [1.29, 1.82) is 0 Å². The third kappa shape index (κ3) is 4.28. The molecule has 4 nitrogen and oxygen atoms in total. The highest BCUT2D eigenvalue weighted by molar-refractivity contribution is 5.92. The minimum absolute atomic E-state index is 0. The van der Waals surface area contributed by atoms with Gasteiger partial charge < -0.3 is 9.84 Å². The normalized spacial score (nSPS) is 10.9. The monoisotopic (exact) mass is 256 g/mol. The first-order valence-electron chi connectivity index (χ1n) is 4.71. The number of carbonyl (C=O) groups excluding carboxylic acids is 1. The zero-order valence-electron chi connectivity index (χ0n) is 9.25. The number of carboxylic acids is 1. The van der Waals surface area contributed by atoms with E-state index in [4.69, 9.17) is 9.84 Å². The lowest BCUT2D eigenvalue weighted by molar-refractivity contribution is 0.0424. The van der Waals surface area contributed by atoms with Crippen LogP contribution in [0.15, 0.2) is 36.9 Å². The predicted octanol–water partition coefficient (Wildman–Crippen LogP) is 2.54. The van der Waals surface area contributed by atoms with Crippen LogP contribution in [0, 0.1) is 0 Å². The quantitative estimate of drug-likeness (QED) is 0.664. The van der Waals surface area contributed by atoms with Crippen molar-refractivity contribution in [3.63, 3.8) is 0 Å². The lowest BCUT2D eigenvalue weighted by Crippen LogP contribution is -2.12. The van der Waals surface area contributed by atoms with Gasteiger partial charge in [-0.25, -0.2) is 9.59 Å². The van der Waals surface area contributed by atoms with Crippen molar-refractivity contribution in [1.82, 2.24) is 0 Å². The molecule has 0 saturated heterocycles. The number of carboxylic acid groups (broad SMARTS) is 1. The first-order valence-corrected chi connectivity index (χ1v) is 4.71. The van der Waals surface area contributed by atoms with Crippen molar-refractivity contribution in [2.45, 2.75) is 13.0 Å². The fourth-order valence-electron chi connectivity index (χ4n) is 1.03. The van der Waals surface area contributed by atoms with Gasteiger partial charge in [-0.15, -0.1) is 12.4 Å². The van der Waals surface area contributed by atoms with Crippen LogP contribution in [0.1, 0.15) is 27.6 Å². The largest absolute Gasteiger partial charge is 0.478 e. The Labute approximate surface area is 105 Å². The van der Waals surface area contributed by atoms with E-state index in [9.17, 15) is 9.59 Å². The molecule has 0 aliphatic rings. The summed E-state index contributed by atoms with van der Waals surface area (Å²) in [7, 11) is 0. The minimum Gasteiger partial charge on any atom is -0.478 e. The van der Waals surface area contributed by atoms with Crippen molar-refractivity contribution in [2.75, 3.05) is 0 Å². The Hall–Kier alpha value is -1.81. The van der Waals surface area contributed by atoms with Crippen molar-refractivity contribution >= 4 is 24.3 Å². The van der Waals surface area contributed by atoms with E-state index in [1.165, 1.54) is 30.3 Å². The lowest BCUT2D eigenvalue weighted by Gasteiger charge is -2.08. The molecule has 0 aliphatic carbocycles. The Kier molecular flexibility index (Phi) is 5.99. The van der Waals surface area contributed by atoms with Gasteiger partial charge in [0.1, 0.15) is 6.10 Å². The number of halogens is 1. The Bertz CT molecular complexity index is 411. The molecule has 0 saturated carbocycles. The molecule has 17 heavy (non-hydrogen) atoms. The van der Waals surface area contributed by atoms with Gasteiger partial charge in [-0.1, -0.05) is 12.7 Å². The molecule has 1 aromatic rings. The maximum absolute atomic E-state index is 11.5. The lowest BCUT2D eigenvalue weighted by atomic mass is 10.1. The summed E-state index contributed by atoms with van der Waals surface area (Å²) >= 11 is 0. The molecule has 0 radical (unpaired) electrons. The molecular weight excluding hydrogens is 244 g/mol. The van der Waals surface area contributed by atoms with E-state index in [0.29, 0.717) is 5.56 Å². The Balaban J connectivity index is 0.00000256. The summed E-state index contributed by atoms with van der Waals surface area (Å²) in [4.78, 5) is 22.1. The molecule has 0 fully saturated rings. The highest BCUT2D eigenvalue weighted by Crippen LogP contribution is 2.07. The van der Waals surface area contributed by atoms with Crippen LogP contribution in [0.3, 0.4) is 0 Å². The third-order valence-electron chi connectivity index (χ3n) is 1.99. The highest BCUT2D eigenvalue weighted by atomic mass is 35.5. The molecule has 5 heteroatoms. The molecule has 0 bridgehead atoms. The highest BCUT2D eigenvalue weighted by Gasteiger charge is 2.10. The van der Waals surface area contributed by atoms with Crippen molar-refractivity contribution in [3.8, 4) is 0 Å². The number of rotatable bonds is 4. The second-order valence-corrected chi connectivity index (χ2v) is 3.23. The van der Waals surface area contributed by atoms with E-state index < -0.39 is 11.9 Å². The second-order valence-electron chi connectivity index (χ2n) is 3.23. The van der Waals surface area contributed by atoms with E-state index in [2.05, 4.69) is 6.58 Å². The number of ether oxygens (including phenoxy) is 1. The summed E-state index contributed by atoms with van der Waals surface area (Å²) in [5.41, 5.74) is 0.451. The van der Waals surface area contributed by atoms with Gasteiger partial charge in [0, 0.05) is 0 Å². The fourth-order valence-corrected chi connectivity index (χ4v) is 1.03. The number of aromatic carboxylic acids is 1. The fraction of sp³-hybridized carbons (Fsp3) is 0.167. The standard InChI is InChI=1S/C12H12O4.ClH/c1-3-8(2)16-12(15)10-6-4-9(5-7-10)11(13)14;/h3-8H,1H2,2H3,(H,13,14);1H. The number of carbonyl (C=O) groups is 2. The number of hydrogen-bond acceptors (Lipinski definition) is 3. The van der Waals surface area contributed by atoms with Crippen LogP contribution >= 0.6 is 12.4 Å². The predicted molar refractivity (Wildman–Crippen MR) is 65.7 cm³/mol. The van der Waals surface area contributed by atoms with E-state index in [1.807, 2.05) is 0 Å². The topological polar surface area (TPSA) is 63.6 Å². The second kappa shape index (κ2) is 6.70. The van der Waals surface area contributed by atoms with Crippen molar-refractivity contribution < 1.29 is 19.4 Å². The van der Waals surface area contributed by atoms with E-state index in [0.717, 1.165) is 0 Å². The van der Waals surface area contributed by atoms with Crippen LogP contribution in [0.25, 0.3) is 0 Å². The number of benzene rings is 1. The van der Waals surface area contributed by atoms with Gasteiger partial charge in [-0.3, -0.25) is 0 Å². The molecule has 0 aliphatic heterocycles. The summed E-state index contributed by atoms with van der Waals surface area (Å²) in [6.45, 7) is 5.18. The molecule has 0 heterocycles. The summed E-state index contributed by atoms with van der Waals surface area (Å²) < 4.78 is 4.98. The summed E-state index contributed by atoms with van der Waals surface area (Å²) in [5, 5.41) is 8.67. The third-order valence-corrected chi connectivity index (χ3v) is 1.99. The van der Waals surface area contributed by atoms with Crippen molar-refractivity contribution in [2.24, 2.45) is 0 Å². The summed E-state index contributed by atoms with van der Waals surface area (Å²) in [5.74, 6) is -1.52. The van der Waals surface area contributed by atoms with Crippen LogP contribution in [0.2, 0.25) is 0 Å². The molecule has 0 amide bonds. The first-order chi connectivity index (χ1) is 7.54. The minimum atomic E-state index is -1.03. The Morgan fingerprint density at radius 1 is 1.29 bits per heavy atom. The molecule has 0 spiro atoms. The van der Waals surface area contributed by atoms with E-state index >= 15 is 0 Å². The number of hydrogen-bond donors (Lipinski definition) is 1. The van der Waals surface area contributed by atoms with Gasteiger partial charge in [0.2, 0.25) is 0 Å². The van der Waals surface area contributed by atoms with Crippen LogP contribution in [0.5, 0.6) is 0 Å². The van der Waals surface area contributed by atoms with E-state index in [-0.39, 0.29) is 24.1 Å². The van der Waals surface area contributed by atoms with Gasteiger partial charge in [-0.05, 0) is 31.2 Å². The molecule has 1 aromatic carbocycles. The van der Waals surface area contributed by atoms with Crippen LogP contribution < -0.4 is 0 Å².